The van der Waals surface area contributed by atoms with E-state index < -0.39 is 5.95 Å². The van der Waals surface area contributed by atoms with E-state index in [1.165, 1.54) is 11.8 Å². The molecule has 2 aromatic carbocycles. The number of carbonyl (C=O) groups excluding carboxylic acids is 1. The molecule has 1 aliphatic rings. The molecule has 0 radical (unpaired) electrons. The number of ketones is 1. The van der Waals surface area contributed by atoms with Gasteiger partial charge in [-0.1, -0.05) is 24.3 Å². The van der Waals surface area contributed by atoms with E-state index in [4.69, 9.17) is 0 Å². The molecule has 3 heterocycles. The number of fused-ring (bicyclic) bond motifs is 2. The second kappa shape index (κ2) is 6.56. The molecule has 2 aromatic heterocycles. The number of aromatic amines is 1. The van der Waals surface area contributed by atoms with Crippen LogP contribution in [0.15, 0.2) is 60.8 Å². The van der Waals surface area contributed by atoms with Crippen molar-refractivity contribution >= 4 is 22.4 Å². The van der Waals surface area contributed by atoms with E-state index >= 15 is 0 Å². The Morgan fingerprint density at radius 3 is 2.89 bits per heavy atom. The van der Waals surface area contributed by atoms with Crippen LogP contribution in [0.3, 0.4) is 0 Å². The minimum Gasteiger partial charge on any atom is -0.375 e. The topological polar surface area (TPSA) is 70.7 Å². The summed E-state index contributed by atoms with van der Waals surface area (Å²) in [6.07, 6.45) is 2.96. The molecule has 138 valence electrons. The molecule has 0 spiro atoms. The third-order valence-corrected chi connectivity index (χ3v) is 5.23. The van der Waals surface area contributed by atoms with Crippen molar-refractivity contribution in [3.05, 3.63) is 78.0 Å². The van der Waals surface area contributed by atoms with Gasteiger partial charge in [0.15, 0.2) is 0 Å². The molecule has 4 aromatic rings. The molecule has 0 fully saturated rings. The number of H-pyrrole nitrogens is 1. The first kappa shape index (κ1) is 16.6. The van der Waals surface area contributed by atoms with Gasteiger partial charge in [-0.3, -0.25) is 9.89 Å². The maximum Gasteiger partial charge on any atom is 0.220 e. The van der Waals surface area contributed by atoms with Gasteiger partial charge in [-0.15, -0.1) is 0 Å². The highest BCUT2D eigenvalue weighted by molar-refractivity contribution is 6.10. The van der Waals surface area contributed by atoms with E-state index in [0.717, 1.165) is 17.6 Å². The summed E-state index contributed by atoms with van der Waals surface area (Å²) in [5.74, 6) is -0.603. The molecule has 0 aliphatic carbocycles. The number of nitrogens with zero attached hydrogens (tertiary/aromatic N) is 2. The Kier molecular flexibility index (Phi) is 3.90. The van der Waals surface area contributed by atoms with Crippen molar-refractivity contribution < 1.29 is 9.18 Å². The fraction of sp³-hybridized carbons (Fsp3) is 0.136. The van der Waals surface area contributed by atoms with Gasteiger partial charge in [-0.05, 0) is 54.3 Å². The number of hydrogen-bond acceptors (Lipinski definition) is 4. The first-order valence-electron chi connectivity index (χ1n) is 9.18. The Bertz CT molecular complexity index is 1200. The predicted octanol–water partition coefficient (Wildman–Crippen LogP) is 4.37. The molecule has 1 aliphatic heterocycles. The Balaban J connectivity index is 1.52. The molecule has 28 heavy (non-hydrogen) atoms. The van der Waals surface area contributed by atoms with Gasteiger partial charge in [-0.2, -0.15) is 9.49 Å². The zero-order valence-electron chi connectivity index (χ0n) is 14.9. The van der Waals surface area contributed by atoms with Crippen LogP contribution in [0.4, 0.5) is 10.1 Å². The van der Waals surface area contributed by atoms with Crippen LogP contribution < -0.4 is 5.32 Å². The number of anilines is 1. The van der Waals surface area contributed by atoms with Gasteiger partial charge >= 0.3 is 0 Å². The normalized spacial score (nSPS) is 15.8. The molecule has 1 atom stereocenters. The summed E-state index contributed by atoms with van der Waals surface area (Å²) in [7, 11) is 0. The van der Waals surface area contributed by atoms with Gasteiger partial charge in [0.1, 0.15) is 5.69 Å². The van der Waals surface area contributed by atoms with Crippen LogP contribution in [-0.4, -0.2) is 27.0 Å². The largest absolute Gasteiger partial charge is 0.375 e. The molecule has 5 nitrogen and oxygen atoms in total. The highest BCUT2D eigenvalue weighted by Gasteiger charge is 2.27. The van der Waals surface area contributed by atoms with Crippen LogP contribution in [0.25, 0.3) is 22.0 Å². The van der Waals surface area contributed by atoms with Gasteiger partial charge in [0.2, 0.25) is 11.7 Å². The zero-order chi connectivity index (χ0) is 19.1. The fourth-order valence-electron chi connectivity index (χ4n) is 3.77. The number of para-hydroxylation sites is 1. The van der Waals surface area contributed by atoms with Crippen LogP contribution in [0, 0.1) is 5.95 Å². The first-order chi connectivity index (χ1) is 13.7. The van der Waals surface area contributed by atoms with E-state index in [0.29, 0.717) is 28.6 Å². The molecule has 0 bridgehead atoms. The number of halogens is 1. The molecule has 0 saturated carbocycles. The summed E-state index contributed by atoms with van der Waals surface area (Å²) in [5, 5.41) is 11.2. The number of benzene rings is 2. The average Bonchev–Trinajstić information content (AvgIpc) is 3.16. The Labute approximate surface area is 160 Å². The van der Waals surface area contributed by atoms with E-state index in [1.54, 1.807) is 24.3 Å². The maximum absolute atomic E-state index is 14.1. The highest BCUT2D eigenvalue weighted by atomic mass is 19.1. The summed E-state index contributed by atoms with van der Waals surface area (Å²) in [5.41, 5.74) is 4.38. The summed E-state index contributed by atoms with van der Waals surface area (Å²) in [6, 6.07) is 16.4. The number of aromatic nitrogens is 3. The smallest absolute Gasteiger partial charge is 0.220 e. The van der Waals surface area contributed by atoms with Gasteiger partial charge in [0.05, 0.1) is 11.6 Å². The molecule has 1 unspecified atom stereocenters. The van der Waals surface area contributed by atoms with Crippen molar-refractivity contribution in [2.24, 2.45) is 0 Å². The number of carbonyl (C=O) groups is 1. The first-order valence-corrected chi connectivity index (χ1v) is 9.18. The number of aryl methyl sites for hydroxylation is 1. The summed E-state index contributed by atoms with van der Waals surface area (Å²) >= 11 is 0. The Morgan fingerprint density at radius 1 is 1.11 bits per heavy atom. The quantitative estimate of drug-likeness (QED) is 0.414. The summed E-state index contributed by atoms with van der Waals surface area (Å²) in [6.45, 7) is 0. The molecular weight excluding hydrogens is 355 g/mol. The minimum absolute atomic E-state index is 0.0652. The second-order valence-corrected chi connectivity index (χ2v) is 6.93. The molecule has 0 saturated heterocycles. The lowest BCUT2D eigenvalue weighted by Gasteiger charge is -2.25. The van der Waals surface area contributed by atoms with Crippen LogP contribution >= 0.6 is 0 Å². The van der Waals surface area contributed by atoms with Crippen LogP contribution in [0.5, 0.6) is 0 Å². The zero-order valence-corrected chi connectivity index (χ0v) is 14.9. The van der Waals surface area contributed by atoms with Crippen LogP contribution in [-0.2, 0) is 6.42 Å². The van der Waals surface area contributed by atoms with Gasteiger partial charge in [-0.25, -0.2) is 4.98 Å². The summed E-state index contributed by atoms with van der Waals surface area (Å²) < 4.78 is 14.1. The summed E-state index contributed by atoms with van der Waals surface area (Å²) in [4.78, 5) is 16.9. The fourth-order valence-corrected chi connectivity index (χ4v) is 3.77. The highest BCUT2D eigenvalue weighted by Crippen LogP contribution is 2.29. The Hall–Kier alpha value is -3.54. The van der Waals surface area contributed by atoms with Gasteiger partial charge in [0.25, 0.3) is 0 Å². The SMILES string of the molecule is O=C(c1n[nH]c2ccc(-c3cccnc3F)cc12)C1CCc2ccccc2N1. The number of pyridine rings is 1. The van der Waals surface area contributed by atoms with Crippen LogP contribution in [0.2, 0.25) is 0 Å². The molecule has 5 rings (SSSR count). The lowest BCUT2D eigenvalue weighted by molar-refractivity contribution is 0.0961. The molecular formula is C22H17FN4O. The second-order valence-electron chi connectivity index (χ2n) is 6.93. The van der Waals surface area contributed by atoms with E-state index in [1.807, 2.05) is 24.3 Å². The van der Waals surface area contributed by atoms with E-state index in [-0.39, 0.29) is 11.8 Å². The third kappa shape index (κ3) is 2.74. The molecule has 6 heteroatoms. The monoisotopic (exact) mass is 372 g/mol. The average molecular weight is 372 g/mol. The molecule has 0 amide bonds. The standard InChI is InChI=1S/C22H17FN4O/c23-22-15(5-3-11-24-22)14-8-9-18-16(12-14)20(27-26-18)21(28)19-10-7-13-4-1-2-6-17(13)25-19/h1-6,8-9,11-12,19,25H,7,10H2,(H,26,27). The number of hydrogen-bond donors (Lipinski definition) is 2. The van der Waals surface area contributed by atoms with Crippen LogP contribution in [0.1, 0.15) is 22.5 Å². The van der Waals surface area contributed by atoms with Crippen molar-refractivity contribution in [2.75, 3.05) is 5.32 Å². The number of rotatable bonds is 3. The lowest BCUT2D eigenvalue weighted by Crippen LogP contribution is -2.33. The van der Waals surface area contributed by atoms with E-state index in [9.17, 15) is 9.18 Å². The van der Waals surface area contributed by atoms with E-state index in [2.05, 4.69) is 26.6 Å². The van der Waals surface area contributed by atoms with Crippen molar-refractivity contribution in [1.29, 1.82) is 0 Å². The van der Waals surface area contributed by atoms with Gasteiger partial charge < -0.3 is 5.32 Å². The van der Waals surface area contributed by atoms with Gasteiger partial charge in [0, 0.05) is 22.8 Å². The number of nitrogens with one attached hydrogen (secondary N) is 2. The number of Topliss-reactive ketones (excluding diaryl/α,β-unsaturated/α-hetero) is 1. The van der Waals surface area contributed by atoms with Crippen molar-refractivity contribution in [3.8, 4) is 11.1 Å². The van der Waals surface area contributed by atoms with Crippen molar-refractivity contribution in [3.63, 3.8) is 0 Å². The molecule has 2 N–H and O–H groups in total. The maximum atomic E-state index is 14.1. The Morgan fingerprint density at radius 2 is 2.00 bits per heavy atom. The van der Waals surface area contributed by atoms with Crippen molar-refractivity contribution in [2.45, 2.75) is 18.9 Å². The van der Waals surface area contributed by atoms with Crippen molar-refractivity contribution in [1.82, 2.24) is 15.2 Å². The predicted molar refractivity (Wildman–Crippen MR) is 106 cm³/mol. The lowest BCUT2D eigenvalue weighted by atomic mass is 9.93. The third-order valence-electron chi connectivity index (χ3n) is 5.23. The minimum atomic E-state index is -0.538.